The maximum absolute atomic E-state index is 11.6. The van der Waals surface area contributed by atoms with Crippen LogP contribution >= 0.6 is 15.9 Å². The van der Waals surface area contributed by atoms with Crippen LogP contribution in [0.5, 0.6) is 0 Å². The molecule has 1 fully saturated rings. The van der Waals surface area contributed by atoms with E-state index in [0.29, 0.717) is 19.6 Å². The summed E-state index contributed by atoms with van der Waals surface area (Å²) in [5, 5.41) is 1.15. The monoisotopic (exact) mass is 624 g/mol. The average molecular weight is 626 g/mol. The Hall–Kier alpha value is -2.70. The maximum atomic E-state index is 11.6. The molecule has 0 saturated carbocycles. The van der Waals surface area contributed by atoms with E-state index >= 15 is 0 Å². The highest BCUT2D eigenvalue weighted by molar-refractivity contribution is 9.10. The van der Waals surface area contributed by atoms with Gasteiger partial charge in [0.25, 0.3) is 0 Å². The number of ether oxygens (including phenoxy) is 4. The Morgan fingerprint density at radius 2 is 2.10 bits per heavy atom. The molecule has 1 saturated heterocycles. The largest absolute Gasteiger partial charge is 0.465 e. The third-order valence-electron chi connectivity index (χ3n) is 7.39. The van der Waals surface area contributed by atoms with Crippen molar-refractivity contribution in [2.45, 2.75) is 79.2 Å². The number of benzene rings is 1. The normalized spacial score (nSPS) is 16.3. The fourth-order valence-corrected chi connectivity index (χ4v) is 5.68. The van der Waals surface area contributed by atoms with Gasteiger partial charge in [-0.05, 0) is 69.4 Å². The van der Waals surface area contributed by atoms with Crippen molar-refractivity contribution in [2.75, 3.05) is 26.9 Å². The number of aromatic nitrogens is 2. The van der Waals surface area contributed by atoms with E-state index in [1.165, 1.54) is 12.5 Å². The second-order valence-electron chi connectivity index (χ2n) is 11.3. The Kier molecular flexibility index (Phi) is 10.6. The Balaban J connectivity index is 1.82. The third kappa shape index (κ3) is 7.78. The van der Waals surface area contributed by atoms with Gasteiger partial charge >= 0.3 is 5.97 Å². The highest BCUT2D eigenvalue weighted by atomic mass is 79.9. The van der Waals surface area contributed by atoms with Gasteiger partial charge < -0.3 is 23.5 Å². The first-order valence-corrected chi connectivity index (χ1v) is 15.1. The molecule has 1 aliphatic rings. The average Bonchev–Trinajstić information content (AvgIpc) is 3.25. The number of carbonyl (C=O) groups is 1. The molecule has 1 aliphatic heterocycles. The molecule has 3 aromatic rings. The molecule has 8 heteroatoms. The van der Waals surface area contributed by atoms with E-state index in [-0.39, 0.29) is 23.8 Å². The highest BCUT2D eigenvalue weighted by Gasteiger charge is 2.29. The molecule has 2 atom stereocenters. The molecule has 0 bridgehead atoms. The van der Waals surface area contributed by atoms with Crippen molar-refractivity contribution in [3.05, 3.63) is 51.8 Å². The number of fused-ring (bicyclic) bond motifs is 1. The van der Waals surface area contributed by atoms with Gasteiger partial charge in [0.15, 0.2) is 6.29 Å². The number of nitrogens with zero attached hydrogens (tertiary/aromatic N) is 2. The molecule has 220 valence electrons. The van der Waals surface area contributed by atoms with Gasteiger partial charge in [0.1, 0.15) is 6.61 Å². The van der Waals surface area contributed by atoms with Gasteiger partial charge in [-0.25, -0.2) is 0 Å². The van der Waals surface area contributed by atoms with Gasteiger partial charge in [-0.2, -0.15) is 0 Å². The topological polar surface area (TPSA) is 71.8 Å². The summed E-state index contributed by atoms with van der Waals surface area (Å²) in [7, 11) is 1.70. The summed E-state index contributed by atoms with van der Waals surface area (Å²) in [5.74, 6) is 6.12. The van der Waals surface area contributed by atoms with Crippen LogP contribution in [-0.2, 0) is 36.7 Å². The zero-order chi connectivity index (χ0) is 29.6. The zero-order valence-corrected chi connectivity index (χ0v) is 26.6. The standard InChI is InChI=1S/C33H41BrN2O5/c1-7-36-29-14-13-25(34)18-26(29)28(19-33(4,5)21-41-23(3)37)32(36)27-17-24(20-35-31(27)22(2)38-6)11-10-16-40-30-12-8-9-15-39-30/h13-14,17-18,20,22,30H,7-9,12,15-16,19,21H2,1-6H3. The van der Waals surface area contributed by atoms with Gasteiger partial charge in [-0.15, -0.1) is 0 Å². The molecule has 1 aromatic carbocycles. The molecule has 2 unspecified atom stereocenters. The second kappa shape index (κ2) is 14.0. The summed E-state index contributed by atoms with van der Waals surface area (Å²) in [4.78, 5) is 16.5. The van der Waals surface area contributed by atoms with Crippen LogP contribution in [0.25, 0.3) is 22.2 Å². The summed E-state index contributed by atoms with van der Waals surface area (Å²) < 4.78 is 26.1. The summed E-state index contributed by atoms with van der Waals surface area (Å²) in [6.45, 7) is 12.0. The Bertz CT molecular complexity index is 1430. The lowest BCUT2D eigenvalue weighted by molar-refractivity contribution is -0.154. The molecule has 0 radical (unpaired) electrons. The van der Waals surface area contributed by atoms with Crippen LogP contribution in [0.3, 0.4) is 0 Å². The molecule has 4 rings (SSSR count). The van der Waals surface area contributed by atoms with E-state index in [0.717, 1.165) is 70.3 Å². The molecule has 0 spiro atoms. The fraction of sp³-hybridized carbons (Fsp3) is 0.515. The van der Waals surface area contributed by atoms with Gasteiger partial charge in [0.05, 0.1) is 24.1 Å². The molecule has 3 heterocycles. The molecule has 7 nitrogen and oxygen atoms in total. The number of esters is 1. The number of hydrogen-bond donors (Lipinski definition) is 0. The van der Waals surface area contributed by atoms with Crippen molar-refractivity contribution in [1.82, 2.24) is 9.55 Å². The number of halogens is 1. The van der Waals surface area contributed by atoms with E-state index < -0.39 is 0 Å². The van der Waals surface area contributed by atoms with E-state index in [1.807, 2.05) is 6.92 Å². The van der Waals surface area contributed by atoms with Crippen molar-refractivity contribution >= 4 is 32.8 Å². The Morgan fingerprint density at radius 1 is 1.29 bits per heavy atom. The molecule has 2 aromatic heterocycles. The van der Waals surface area contributed by atoms with Gasteiger partial charge in [-0.1, -0.05) is 41.6 Å². The maximum Gasteiger partial charge on any atom is 0.302 e. The van der Waals surface area contributed by atoms with Crippen molar-refractivity contribution in [3.63, 3.8) is 0 Å². The first-order valence-electron chi connectivity index (χ1n) is 14.3. The number of pyridine rings is 1. The quantitative estimate of drug-likeness (QED) is 0.175. The predicted octanol–water partition coefficient (Wildman–Crippen LogP) is 7.22. The highest BCUT2D eigenvalue weighted by Crippen LogP contribution is 2.41. The van der Waals surface area contributed by atoms with E-state index in [9.17, 15) is 4.79 Å². The lowest BCUT2D eigenvalue weighted by Gasteiger charge is -2.25. The minimum absolute atomic E-state index is 0.172. The van der Waals surface area contributed by atoms with Crippen molar-refractivity contribution in [2.24, 2.45) is 5.41 Å². The molecule has 41 heavy (non-hydrogen) atoms. The Labute approximate surface area is 252 Å². The molecule has 0 N–H and O–H groups in total. The summed E-state index contributed by atoms with van der Waals surface area (Å²) in [6, 6.07) is 8.50. The first kappa shape index (κ1) is 31.2. The smallest absolute Gasteiger partial charge is 0.302 e. The molecule has 0 aliphatic carbocycles. The Morgan fingerprint density at radius 3 is 2.78 bits per heavy atom. The van der Waals surface area contributed by atoms with Gasteiger partial charge in [0, 0.05) is 65.3 Å². The number of carbonyl (C=O) groups excluding carboxylic acids is 1. The van der Waals surface area contributed by atoms with Crippen LogP contribution in [0.4, 0.5) is 0 Å². The third-order valence-corrected chi connectivity index (χ3v) is 7.89. The van der Waals surface area contributed by atoms with Crippen LogP contribution in [0.2, 0.25) is 0 Å². The SMILES string of the molecule is CCn1c(-c2cc(C#CCOC3CCCCO3)cnc2C(C)OC)c(CC(C)(C)COC(C)=O)c2cc(Br)ccc21. The first-order chi connectivity index (χ1) is 19.6. The van der Waals surface area contributed by atoms with Crippen LogP contribution in [0.15, 0.2) is 34.9 Å². The summed E-state index contributed by atoms with van der Waals surface area (Å²) in [6.07, 6.45) is 5.21. The van der Waals surface area contributed by atoms with Crippen LogP contribution < -0.4 is 0 Å². The van der Waals surface area contributed by atoms with Gasteiger partial charge in [0.2, 0.25) is 0 Å². The second-order valence-corrected chi connectivity index (χ2v) is 12.2. The molecular weight excluding hydrogens is 584 g/mol. The molecular formula is C33H41BrN2O5. The van der Waals surface area contributed by atoms with Crippen LogP contribution in [0, 0.1) is 17.3 Å². The summed E-state index contributed by atoms with van der Waals surface area (Å²) >= 11 is 3.68. The lowest BCUT2D eigenvalue weighted by Crippen LogP contribution is -2.24. The van der Waals surface area contributed by atoms with E-state index in [2.05, 4.69) is 77.4 Å². The van der Waals surface area contributed by atoms with E-state index in [1.54, 1.807) is 13.3 Å². The fourth-order valence-electron chi connectivity index (χ4n) is 5.32. The number of rotatable bonds is 10. The number of aryl methyl sites for hydroxylation is 1. The van der Waals surface area contributed by atoms with Crippen LogP contribution in [-0.4, -0.2) is 48.7 Å². The summed E-state index contributed by atoms with van der Waals surface area (Å²) in [5.41, 5.74) is 5.73. The zero-order valence-electron chi connectivity index (χ0n) is 25.0. The van der Waals surface area contributed by atoms with E-state index in [4.69, 9.17) is 23.9 Å². The number of hydrogen-bond acceptors (Lipinski definition) is 6. The predicted molar refractivity (Wildman–Crippen MR) is 165 cm³/mol. The van der Waals surface area contributed by atoms with Gasteiger partial charge in [-0.3, -0.25) is 9.78 Å². The van der Waals surface area contributed by atoms with Crippen molar-refractivity contribution in [3.8, 4) is 23.1 Å². The minimum atomic E-state index is -0.300. The lowest BCUT2D eigenvalue weighted by atomic mass is 9.84. The van der Waals surface area contributed by atoms with Crippen molar-refractivity contribution in [1.29, 1.82) is 0 Å². The van der Waals surface area contributed by atoms with Crippen molar-refractivity contribution < 1.29 is 23.7 Å². The molecule has 0 amide bonds. The number of methoxy groups -OCH3 is 1. The van der Waals surface area contributed by atoms with Crippen LogP contribution in [0.1, 0.15) is 76.8 Å². The minimum Gasteiger partial charge on any atom is -0.465 e.